The number of aromatic hydroxyl groups is 1. The molecule has 0 amide bonds. The van der Waals surface area contributed by atoms with Gasteiger partial charge in [-0.15, -0.1) is 0 Å². The summed E-state index contributed by atoms with van der Waals surface area (Å²) in [5.41, 5.74) is 1.72. The van der Waals surface area contributed by atoms with E-state index in [1.807, 2.05) is 19.1 Å². The van der Waals surface area contributed by atoms with E-state index in [1.165, 1.54) is 0 Å². The third-order valence-corrected chi connectivity index (χ3v) is 4.50. The summed E-state index contributed by atoms with van der Waals surface area (Å²) in [5, 5.41) is 13.3. The molecule has 0 aliphatic rings. The minimum Gasteiger partial charge on any atom is -0.505 e. The van der Waals surface area contributed by atoms with Crippen LogP contribution in [0.25, 0.3) is 0 Å². The Morgan fingerprint density at radius 1 is 1.08 bits per heavy atom. The van der Waals surface area contributed by atoms with Crippen molar-refractivity contribution < 1.29 is 14.6 Å². The van der Waals surface area contributed by atoms with Crippen LogP contribution in [0.15, 0.2) is 28.7 Å². The van der Waals surface area contributed by atoms with Gasteiger partial charge in [0.15, 0.2) is 17.2 Å². The second-order valence-electron chi connectivity index (χ2n) is 5.33. The Kier molecular flexibility index (Phi) is 7.54. The molecule has 0 aliphatic heterocycles. The molecule has 0 saturated heterocycles. The topological polar surface area (TPSA) is 50.7 Å². The Balaban J connectivity index is 2.19. The van der Waals surface area contributed by atoms with E-state index in [0.717, 1.165) is 16.5 Å². The van der Waals surface area contributed by atoms with Crippen LogP contribution in [0.2, 0.25) is 10.0 Å². The molecular formula is C18H20BrCl2NO3. The fourth-order valence-corrected chi connectivity index (χ4v) is 3.29. The molecule has 0 atom stereocenters. The monoisotopic (exact) mass is 447 g/mol. The smallest absolute Gasteiger partial charge is 0.175 e. The van der Waals surface area contributed by atoms with Gasteiger partial charge in [0, 0.05) is 12.2 Å². The maximum Gasteiger partial charge on any atom is 0.175 e. The Hall–Kier alpha value is -1.30. The van der Waals surface area contributed by atoms with Gasteiger partial charge in [0.2, 0.25) is 0 Å². The van der Waals surface area contributed by atoms with E-state index in [2.05, 4.69) is 28.2 Å². The number of benzene rings is 2. The number of hydrogen-bond donors (Lipinski definition) is 2. The lowest BCUT2D eigenvalue weighted by atomic mass is 10.2. The molecule has 0 aliphatic carbocycles. The predicted molar refractivity (Wildman–Crippen MR) is 107 cm³/mol. The Morgan fingerprint density at radius 2 is 1.76 bits per heavy atom. The summed E-state index contributed by atoms with van der Waals surface area (Å²) in [6.07, 6.45) is 0.920. The zero-order valence-corrected chi connectivity index (χ0v) is 17.1. The van der Waals surface area contributed by atoms with Crippen molar-refractivity contribution in [2.45, 2.75) is 26.8 Å². The standard InChI is InChI=1S/C18H20BrCl2NO3/c1-3-5-25-18-13(19)6-11(7-16(18)24-4-2)10-22-12-8-14(20)17(23)15(21)9-12/h6-9,22-23H,3-5,10H2,1-2H3. The zero-order chi connectivity index (χ0) is 18.4. The van der Waals surface area contributed by atoms with Gasteiger partial charge in [-0.25, -0.2) is 0 Å². The van der Waals surface area contributed by atoms with E-state index in [4.69, 9.17) is 32.7 Å². The van der Waals surface area contributed by atoms with Crippen LogP contribution >= 0.6 is 39.1 Å². The number of phenolic OH excluding ortho intramolecular Hbond substituents is 1. The largest absolute Gasteiger partial charge is 0.505 e. The van der Waals surface area contributed by atoms with E-state index in [0.29, 0.717) is 36.9 Å². The zero-order valence-electron chi connectivity index (χ0n) is 14.0. The average Bonchev–Trinajstić information content (AvgIpc) is 2.57. The molecule has 0 heterocycles. The second-order valence-corrected chi connectivity index (χ2v) is 7.00. The second kappa shape index (κ2) is 9.41. The molecule has 2 aromatic rings. The Bertz CT molecular complexity index is 717. The maximum atomic E-state index is 9.62. The highest BCUT2D eigenvalue weighted by Gasteiger charge is 2.13. The number of hydrogen-bond acceptors (Lipinski definition) is 4. The van der Waals surface area contributed by atoms with Crippen LogP contribution in [0.5, 0.6) is 17.2 Å². The third kappa shape index (κ3) is 5.33. The highest BCUT2D eigenvalue weighted by atomic mass is 79.9. The summed E-state index contributed by atoms with van der Waals surface area (Å²) in [6, 6.07) is 7.17. The molecule has 4 nitrogen and oxygen atoms in total. The van der Waals surface area contributed by atoms with Gasteiger partial charge in [0.05, 0.1) is 27.7 Å². The highest BCUT2D eigenvalue weighted by molar-refractivity contribution is 9.10. The van der Waals surface area contributed by atoms with Crippen LogP contribution in [0, 0.1) is 0 Å². The van der Waals surface area contributed by atoms with E-state index in [-0.39, 0.29) is 15.8 Å². The van der Waals surface area contributed by atoms with Crippen molar-refractivity contribution in [2.75, 3.05) is 18.5 Å². The fraction of sp³-hybridized carbons (Fsp3) is 0.333. The van der Waals surface area contributed by atoms with Crippen LogP contribution in [-0.4, -0.2) is 18.3 Å². The predicted octanol–water partition coefficient (Wildman–Crippen LogP) is 6.26. The number of anilines is 1. The van der Waals surface area contributed by atoms with Crippen molar-refractivity contribution in [1.29, 1.82) is 0 Å². The van der Waals surface area contributed by atoms with Gasteiger partial charge in [-0.1, -0.05) is 30.1 Å². The molecule has 7 heteroatoms. The van der Waals surface area contributed by atoms with Gasteiger partial charge in [-0.05, 0) is 59.1 Å². The molecule has 25 heavy (non-hydrogen) atoms. The van der Waals surface area contributed by atoms with Crippen molar-refractivity contribution in [3.05, 3.63) is 44.3 Å². The summed E-state index contributed by atoms with van der Waals surface area (Å²) >= 11 is 15.4. The van der Waals surface area contributed by atoms with E-state index in [1.54, 1.807) is 12.1 Å². The van der Waals surface area contributed by atoms with Crippen LogP contribution < -0.4 is 14.8 Å². The lowest BCUT2D eigenvalue weighted by molar-refractivity contribution is 0.275. The highest BCUT2D eigenvalue weighted by Crippen LogP contribution is 2.38. The maximum absolute atomic E-state index is 9.62. The Labute approximate surface area is 166 Å². The lowest BCUT2D eigenvalue weighted by Crippen LogP contribution is -2.04. The molecule has 2 N–H and O–H groups in total. The molecular weight excluding hydrogens is 429 g/mol. The molecule has 0 saturated carbocycles. The van der Waals surface area contributed by atoms with Crippen molar-refractivity contribution >= 4 is 44.8 Å². The third-order valence-electron chi connectivity index (χ3n) is 3.33. The first-order valence-corrected chi connectivity index (χ1v) is 9.51. The van der Waals surface area contributed by atoms with Gasteiger partial charge in [-0.3, -0.25) is 0 Å². The molecule has 2 aromatic carbocycles. The fourth-order valence-electron chi connectivity index (χ4n) is 2.20. The molecule has 0 aromatic heterocycles. The van der Waals surface area contributed by atoms with Crippen LogP contribution in [0.4, 0.5) is 5.69 Å². The molecule has 0 radical (unpaired) electrons. The van der Waals surface area contributed by atoms with Crippen LogP contribution in [0.3, 0.4) is 0 Å². The Morgan fingerprint density at radius 3 is 2.36 bits per heavy atom. The normalized spacial score (nSPS) is 10.6. The van der Waals surface area contributed by atoms with Gasteiger partial charge in [0.1, 0.15) is 0 Å². The van der Waals surface area contributed by atoms with Crippen LogP contribution in [0.1, 0.15) is 25.8 Å². The van der Waals surface area contributed by atoms with Crippen LogP contribution in [-0.2, 0) is 6.54 Å². The molecule has 0 fully saturated rings. The van der Waals surface area contributed by atoms with E-state index in [9.17, 15) is 5.11 Å². The minimum atomic E-state index is -0.118. The van der Waals surface area contributed by atoms with Crippen molar-refractivity contribution in [3.8, 4) is 17.2 Å². The van der Waals surface area contributed by atoms with Crippen molar-refractivity contribution in [3.63, 3.8) is 0 Å². The van der Waals surface area contributed by atoms with Gasteiger partial charge in [-0.2, -0.15) is 0 Å². The molecule has 2 rings (SSSR count). The number of phenols is 1. The summed E-state index contributed by atoms with van der Waals surface area (Å²) in [4.78, 5) is 0. The summed E-state index contributed by atoms with van der Waals surface area (Å²) in [5.74, 6) is 1.29. The van der Waals surface area contributed by atoms with Crippen molar-refractivity contribution in [2.24, 2.45) is 0 Å². The van der Waals surface area contributed by atoms with Gasteiger partial charge in [0.25, 0.3) is 0 Å². The summed E-state index contributed by atoms with van der Waals surface area (Å²) < 4.78 is 12.3. The molecule has 0 unspecified atom stereocenters. The van der Waals surface area contributed by atoms with E-state index >= 15 is 0 Å². The van der Waals surface area contributed by atoms with Gasteiger partial charge < -0.3 is 19.9 Å². The molecule has 136 valence electrons. The first-order valence-electron chi connectivity index (χ1n) is 7.96. The number of rotatable bonds is 8. The van der Waals surface area contributed by atoms with Gasteiger partial charge >= 0.3 is 0 Å². The SMILES string of the molecule is CCCOc1c(Br)cc(CNc2cc(Cl)c(O)c(Cl)c2)cc1OCC. The average molecular weight is 449 g/mol. The first kappa shape index (κ1) is 20.0. The quantitative estimate of drug-likeness (QED) is 0.467. The van der Waals surface area contributed by atoms with E-state index < -0.39 is 0 Å². The summed E-state index contributed by atoms with van der Waals surface area (Å²) in [7, 11) is 0. The molecule has 0 spiro atoms. The first-order chi connectivity index (χ1) is 12.0. The summed E-state index contributed by atoms with van der Waals surface area (Å²) in [6.45, 7) is 5.70. The van der Waals surface area contributed by atoms with Crippen molar-refractivity contribution in [1.82, 2.24) is 0 Å². The lowest BCUT2D eigenvalue weighted by Gasteiger charge is -2.16. The molecule has 0 bridgehead atoms. The minimum absolute atomic E-state index is 0.118. The number of nitrogens with one attached hydrogen (secondary N) is 1. The number of halogens is 3. The number of ether oxygens (including phenoxy) is 2.